The Morgan fingerprint density at radius 1 is 1.33 bits per heavy atom. The van der Waals surface area contributed by atoms with Gasteiger partial charge in [0.2, 0.25) is 5.43 Å². The quantitative estimate of drug-likeness (QED) is 0.571. The largest absolute Gasteiger partial charge is 0.462 e. The third kappa shape index (κ3) is 3.45. The minimum Gasteiger partial charge on any atom is -0.462 e. The van der Waals surface area contributed by atoms with Crippen molar-refractivity contribution in [3.05, 3.63) is 43.8 Å². The number of rotatable bonds is 5. The van der Waals surface area contributed by atoms with Gasteiger partial charge in [0.25, 0.3) is 0 Å². The number of aryl methyl sites for hydroxylation is 1. The smallest absolute Gasteiger partial charge is 0.343 e. The summed E-state index contributed by atoms with van der Waals surface area (Å²) in [6.07, 6.45) is 3.67. The van der Waals surface area contributed by atoms with E-state index in [0.29, 0.717) is 5.39 Å². The van der Waals surface area contributed by atoms with Crippen LogP contribution in [0.4, 0.5) is 0 Å². The van der Waals surface area contributed by atoms with Crippen molar-refractivity contribution in [2.45, 2.75) is 33.2 Å². The van der Waals surface area contributed by atoms with Crippen molar-refractivity contribution in [2.75, 3.05) is 6.61 Å². The molecule has 112 valence electrons. The molecule has 0 unspecified atom stereocenters. The number of fused-ring (bicyclic) bond motifs is 1. The molecule has 0 radical (unpaired) electrons. The molecule has 21 heavy (non-hydrogen) atoms. The van der Waals surface area contributed by atoms with Crippen molar-refractivity contribution >= 4 is 39.5 Å². The van der Waals surface area contributed by atoms with E-state index in [1.807, 2.05) is 22.8 Å². The maximum atomic E-state index is 12.5. The summed E-state index contributed by atoms with van der Waals surface area (Å²) in [6.45, 7) is 4.88. The van der Waals surface area contributed by atoms with Gasteiger partial charge in [-0.1, -0.05) is 13.3 Å². The lowest BCUT2D eigenvalue weighted by Crippen LogP contribution is -2.21. The summed E-state index contributed by atoms with van der Waals surface area (Å²) in [5.74, 6) is -0.548. The Labute approximate surface area is 137 Å². The van der Waals surface area contributed by atoms with Crippen molar-refractivity contribution in [1.29, 1.82) is 0 Å². The number of carbonyl (C=O) groups is 1. The molecule has 2 aromatic rings. The molecular formula is C16H18INO3. The Kier molecular flexibility index (Phi) is 5.39. The number of carbonyl (C=O) groups excluding carboxylic acids is 1. The number of unbranched alkanes of at least 4 members (excludes halogenated alkanes) is 1. The molecule has 0 aliphatic rings. The molecule has 0 aliphatic heterocycles. The van der Waals surface area contributed by atoms with E-state index in [9.17, 15) is 9.59 Å². The second-order valence-corrected chi connectivity index (χ2v) is 6.05. The summed E-state index contributed by atoms with van der Waals surface area (Å²) in [5.41, 5.74) is 0.721. The SMILES string of the molecule is CCCCn1cc(C(=O)OCC)c(=O)c2cc(I)ccc21. The van der Waals surface area contributed by atoms with E-state index in [-0.39, 0.29) is 17.6 Å². The molecule has 0 saturated carbocycles. The predicted molar refractivity (Wildman–Crippen MR) is 91.8 cm³/mol. The summed E-state index contributed by atoms with van der Waals surface area (Å²) >= 11 is 2.17. The van der Waals surface area contributed by atoms with E-state index in [1.54, 1.807) is 13.1 Å². The normalized spacial score (nSPS) is 10.8. The zero-order chi connectivity index (χ0) is 15.4. The number of hydrogen-bond acceptors (Lipinski definition) is 3. The summed E-state index contributed by atoms with van der Waals surface area (Å²) in [7, 11) is 0. The lowest BCUT2D eigenvalue weighted by Gasteiger charge is -2.13. The van der Waals surface area contributed by atoms with Crippen LogP contribution in [-0.4, -0.2) is 17.1 Å². The van der Waals surface area contributed by atoms with Gasteiger partial charge in [-0.25, -0.2) is 4.79 Å². The Hall–Kier alpha value is -1.37. The van der Waals surface area contributed by atoms with Crippen LogP contribution in [0.3, 0.4) is 0 Å². The molecule has 0 bridgehead atoms. The van der Waals surface area contributed by atoms with Gasteiger partial charge >= 0.3 is 5.97 Å². The lowest BCUT2D eigenvalue weighted by molar-refractivity contribution is 0.0524. The third-order valence-electron chi connectivity index (χ3n) is 3.29. The van der Waals surface area contributed by atoms with Crippen LogP contribution >= 0.6 is 22.6 Å². The van der Waals surface area contributed by atoms with Crippen LogP contribution < -0.4 is 5.43 Å². The van der Waals surface area contributed by atoms with Gasteiger partial charge < -0.3 is 9.30 Å². The van der Waals surface area contributed by atoms with Crippen molar-refractivity contribution < 1.29 is 9.53 Å². The standard InChI is InChI=1S/C16H18INO3/c1-3-5-8-18-10-13(16(20)21-4-2)15(19)12-9-11(17)6-7-14(12)18/h6-7,9-10H,3-5,8H2,1-2H3. The highest BCUT2D eigenvalue weighted by Gasteiger charge is 2.16. The molecule has 0 atom stereocenters. The summed E-state index contributed by atoms with van der Waals surface area (Å²) in [4.78, 5) is 24.5. The van der Waals surface area contributed by atoms with Crippen LogP contribution in [0.25, 0.3) is 10.9 Å². The molecule has 0 amide bonds. The second kappa shape index (κ2) is 7.06. The fourth-order valence-corrected chi connectivity index (χ4v) is 2.73. The van der Waals surface area contributed by atoms with Crippen LogP contribution in [0.1, 0.15) is 37.0 Å². The van der Waals surface area contributed by atoms with Crippen molar-refractivity contribution in [1.82, 2.24) is 4.57 Å². The highest BCUT2D eigenvalue weighted by Crippen LogP contribution is 2.17. The van der Waals surface area contributed by atoms with Gasteiger partial charge in [0.15, 0.2) is 0 Å². The number of esters is 1. The average molecular weight is 399 g/mol. The molecule has 0 aliphatic carbocycles. The maximum absolute atomic E-state index is 12.5. The molecular weight excluding hydrogens is 381 g/mol. The Bertz CT molecular complexity index is 721. The molecule has 0 N–H and O–H groups in total. The van der Waals surface area contributed by atoms with Crippen molar-refractivity contribution in [3.8, 4) is 0 Å². The number of benzene rings is 1. The summed E-state index contributed by atoms with van der Waals surface area (Å²) in [5, 5.41) is 0.573. The first-order valence-electron chi connectivity index (χ1n) is 7.08. The molecule has 4 nitrogen and oxygen atoms in total. The second-order valence-electron chi connectivity index (χ2n) is 4.80. The molecule has 1 aromatic carbocycles. The van der Waals surface area contributed by atoms with Gasteiger partial charge in [0, 0.05) is 21.7 Å². The van der Waals surface area contributed by atoms with Crippen LogP contribution in [-0.2, 0) is 11.3 Å². The monoisotopic (exact) mass is 399 g/mol. The van der Waals surface area contributed by atoms with Gasteiger partial charge in [-0.2, -0.15) is 0 Å². The fraction of sp³-hybridized carbons (Fsp3) is 0.375. The number of halogens is 1. The first kappa shape index (κ1) is 16.0. The van der Waals surface area contributed by atoms with Gasteiger partial charge in [-0.05, 0) is 54.1 Å². The van der Waals surface area contributed by atoms with Gasteiger partial charge in [-0.3, -0.25) is 4.79 Å². The van der Waals surface area contributed by atoms with E-state index in [4.69, 9.17) is 4.74 Å². The number of hydrogen-bond donors (Lipinski definition) is 0. The zero-order valence-corrected chi connectivity index (χ0v) is 14.3. The number of aromatic nitrogens is 1. The molecule has 5 heteroatoms. The van der Waals surface area contributed by atoms with Gasteiger partial charge in [0.1, 0.15) is 5.56 Å². The zero-order valence-electron chi connectivity index (χ0n) is 12.2. The van der Waals surface area contributed by atoms with Crippen LogP contribution in [0.2, 0.25) is 0 Å². The van der Waals surface area contributed by atoms with E-state index in [1.165, 1.54) is 0 Å². The molecule has 0 spiro atoms. The number of pyridine rings is 1. The number of nitrogens with zero attached hydrogens (tertiary/aromatic N) is 1. The van der Waals surface area contributed by atoms with Crippen molar-refractivity contribution in [2.24, 2.45) is 0 Å². The molecule has 1 heterocycles. The van der Waals surface area contributed by atoms with E-state index >= 15 is 0 Å². The first-order valence-corrected chi connectivity index (χ1v) is 8.16. The van der Waals surface area contributed by atoms with Crippen LogP contribution in [0.5, 0.6) is 0 Å². The number of ether oxygens (including phenoxy) is 1. The molecule has 0 saturated heterocycles. The Morgan fingerprint density at radius 3 is 2.76 bits per heavy atom. The lowest BCUT2D eigenvalue weighted by atomic mass is 10.1. The molecule has 1 aromatic heterocycles. The summed E-state index contributed by atoms with van der Waals surface area (Å²) in [6, 6.07) is 5.72. The van der Waals surface area contributed by atoms with Crippen LogP contribution in [0.15, 0.2) is 29.2 Å². The Balaban J connectivity index is 2.67. The van der Waals surface area contributed by atoms with Gasteiger partial charge in [0.05, 0.1) is 12.1 Å². The first-order chi connectivity index (χ1) is 10.1. The van der Waals surface area contributed by atoms with Gasteiger partial charge in [-0.15, -0.1) is 0 Å². The van der Waals surface area contributed by atoms with Crippen molar-refractivity contribution in [3.63, 3.8) is 0 Å². The highest BCUT2D eigenvalue weighted by molar-refractivity contribution is 14.1. The maximum Gasteiger partial charge on any atom is 0.343 e. The predicted octanol–water partition coefficient (Wildman–Crippen LogP) is 3.58. The molecule has 0 fully saturated rings. The fourth-order valence-electron chi connectivity index (χ4n) is 2.24. The topological polar surface area (TPSA) is 48.3 Å². The highest BCUT2D eigenvalue weighted by atomic mass is 127. The van der Waals surface area contributed by atoms with E-state index in [0.717, 1.165) is 28.5 Å². The third-order valence-corrected chi connectivity index (χ3v) is 3.96. The Morgan fingerprint density at radius 2 is 2.10 bits per heavy atom. The van der Waals surface area contributed by atoms with E-state index < -0.39 is 5.97 Å². The van der Waals surface area contributed by atoms with Crippen LogP contribution in [0, 0.1) is 3.57 Å². The molecule has 2 rings (SSSR count). The summed E-state index contributed by atoms with van der Waals surface area (Å²) < 4.78 is 7.94. The minimum atomic E-state index is -0.548. The minimum absolute atomic E-state index is 0.113. The van der Waals surface area contributed by atoms with E-state index in [2.05, 4.69) is 29.5 Å². The average Bonchev–Trinajstić information content (AvgIpc) is 2.47.